The van der Waals surface area contributed by atoms with Crippen molar-refractivity contribution in [3.63, 3.8) is 0 Å². The van der Waals surface area contributed by atoms with Crippen LogP contribution in [-0.4, -0.2) is 19.9 Å². The van der Waals surface area contributed by atoms with Crippen LogP contribution in [0.2, 0.25) is 0 Å². The van der Waals surface area contributed by atoms with Gasteiger partial charge in [0.15, 0.2) is 17.5 Å². The van der Waals surface area contributed by atoms with Crippen LogP contribution in [0.1, 0.15) is 25.0 Å². The van der Waals surface area contributed by atoms with Crippen LogP contribution in [0.3, 0.4) is 0 Å². The van der Waals surface area contributed by atoms with Crippen molar-refractivity contribution >= 4 is 10.9 Å². The Balaban J connectivity index is 1.30. The highest BCUT2D eigenvalue weighted by atomic mass is 15.0. The molecular weight excluding hydrogens is 524 g/mol. The van der Waals surface area contributed by atoms with Crippen LogP contribution in [0.15, 0.2) is 133 Å². The topological polar surface area (TPSA) is 51.6 Å². The second-order valence-corrected chi connectivity index (χ2v) is 11.5. The predicted octanol–water partition coefficient (Wildman–Crippen LogP) is 9.39. The molecule has 1 aliphatic rings. The first-order valence-corrected chi connectivity index (χ1v) is 14.6. The fraction of sp³-hybridized carbons (Fsp3) is 0.0769. The fourth-order valence-electron chi connectivity index (χ4n) is 6.33. The zero-order valence-corrected chi connectivity index (χ0v) is 24.0. The molecule has 0 radical (unpaired) electrons. The quantitative estimate of drug-likeness (QED) is 0.218. The number of nitrogens with zero attached hydrogens (tertiary/aromatic N) is 4. The van der Waals surface area contributed by atoms with Crippen molar-refractivity contribution in [2.75, 3.05) is 0 Å². The van der Waals surface area contributed by atoms with Crippen LogP contribution in [0.25, 0.3) is 67.5 Å². The largest absolute Gasteiger partial charge is 0.248 e. The van der Waals surface area contributed by atoms with Gasteiger partial charge in [0.1, 0.15) is 0 Å². The van der Waals surface area contributed by atoms with E-state index in [0.717, 1.165) is 33.5 Å². The zero-order valence-electron chi connectivity index (χ0n) is 24.0. The van der Waals surface area contributed by atoms with Crippen molar-refractivity contribution in [3.8, 4) is 56.5 Å². The molecule has 5 aromatic carbocycles. The van der Waals surface area contributed by atoms with E-state index in [1.165, 1.54) is 27.6 Å². The van der Waals surface area contributed by atoms with Crippen molar-refractivity contribution in [1.82, 2.24) is 19.9 Å². The minimum Gasteiger partial charge on any atom is -0.248 e. The van der Waals surface area contributed by atoms with E-state index in [1.807, 2.05) is 60.7 Å². The Morgan fingerprint density at radius 1 is 0.419 bits per heavy atom. The second-order valence-electron chi connectivity index (χ2n) is 11.5. The zero-order chi connectivity index (χ0) is 29.0. The van der Waals surface area contributed by atoms with Gasteiger partial charge in [-0.1, -0.05) is 129 Å². The minimum absolute atomic E-state index is 0.0994. The Morgan fingerprint density at radius 2 is 0.953 bits per heavy atom. The van der Waals surface area contributed by atoms with Gasteiger partial charge in [0, 0.05) is 33.1 Å². The SMILES string of the molecule is CC1(C)c2ccccc2-c2cc(-c3cccc(-c4nc(-c5ccccc5)nc(-c5ccccc5)n4)c3)nc3cccc1c23. The van der Waals surface area contributed by atoms with Crippen LogP contribution in [0, 0.1) is 0 Å². The average molecular weight is 553 g/mol. The summed E-state index contributed by atoms with van der Waals surface area (Å²) < 4.78 is 0. The van der Waals surface area contributed by atoms with E-state index < -0.39 is 0 Å². The minimum atomic E-state index is -0.0994. The molecule has 0 aliphatic heterocycles. The maximum atomic E-state index is 5.20. The molecule has 0 amide bonds. The van der Waals surface area contributed by atoms with Gasteiger partial charge in [-0.25, -0.2) is 19.9 Å². The summed E-state index contributed by atoms with van der Waals surface area (Å²) >= 11 is 0. The van der Waals surface area contributed by atoms with Crippen LogP contribution >= 0.6 is 0 Å². The molecule has 0 saturated heterocycles. The Labute approximate surface area is 250 Å². The van der Waals surface area contributed by atoms with Crippen molar-refractivity contribution < 1.29 is 0 Å². The van der Waals surface area contributed by atoms with Gasteiger partial charge in [-0.2, -0.15) is 0 Å². The molecule has 0 bridgehead atoms. The number of pyridine rings is 1. The Hall–Kier alpha value is -5.48. The number of hydrogen-bond acceptors (Lipinski definition) is 4. The number of aromatic nitrogens is 4. The molecule has 0 spiro atoms. The lowest BCUT2D eigenvalue weighted by atomic mass is 9.69. The molecule has 0 N–H and O–H groups in total. The summed E-state index contributed by atoms with van der Waals surface area (Å²) in [6.07, 6.45) is 0. The van der Waals surface area contributed by atoms with Gasteiger partial charge in [-0.15, -0.1) is 0 Å². The highest BCUT2D eigenvalue weighted by Crippen LogP contribution is 2.48. The smallest absolute Gasteiger partial charge is 0.164 e. The summed E-state index contributed by atoms with van der Waals surface area (Å²) in [4.78, 5) is 19.9. The molecule has 0 fully saturated rings. The fourth-order valence-corrected chi connectivity index (χ4v) is 6.33. The number of fused-ring (bicyclic) bond motifs is 2. The summed E-state index contributed by atoms with van der Waals surface area (Å²) in [6, 6.07) is 46.0. The van der Waals surface area contributed by atoms with E-state index in [1.54, 1.807) is 0 Å². The molecule has 0 atom stereocenters. The van der Waals surface area contributed by atoms with Gasteiger partial charge in [-0.3, -0.25) is 0 Å². The van der Waals surface area contributed by atoms with Gasteiger partial charge >= 0.3 is 0 Å². The first-order chi connectivity index (χ1) is 21.1. The molecule has 4 nitrogen and oxygen atoms in total. The molecule has 43 heavy (non-hydrogen) atoms. The highest BCUT2D eigenvalue weighted by molar-refractivity contribution is 6.03. The lowest BCUT2D eigenvalue weighted by Crippen LogP contribution is -2.23. The third kappa shape index (κ3) is 4.22. The maximum absolute atomic E-state index is 5.20. The molecule has 4 heteroatoms. The van der Waals surface area contributed by atoms with E-state index in [2.05, 4.69) is 86.6 Å². The Kier molecular flexibility index (Phi) is 5.76. The van der Waals surface area contributed by atoms with E-state index >= 15 is 0 Å². The normalized spacial score (nSPS) is 13.1. The Morgan fingerprint density at radius 3 is 1.65 bits per heavy atom. The van der Waals surface area contributed by atoms with Gasteiger partial charge in [0.05, 0.1) is 11.2 Å². The third-order valence-corrected chi connectivity index (χ3v) is 8.51. The summed E-state index contributed by atoms with van der Waals surface area (Å²) in [6.45, 7) is 4.62. The summed E-state index contributed by atoms with van der Waals surface area (Å²) in [7, 11) is 0. The second kappa shape index (κ2) is 9.81. The number of hydrogen-bond donors (Lipinski definition) is 0. The number of rotatable bonds is 4. The highest BCUT2D eigenvalue weighted by Gasteiger charge is 2.33. The maximum Gasteiger partial charge on any atom is 0.164 e. The molecular formula is C39H28N4. The van der Waals surface area contributed by atoms with Gasteiger partial charge in [0.2, 0.25) is 0 Å². The summed E-state index contributed by atoms with van der Waals surface area (Å²) in [5, 5.41) is 1.24. The number of benzene rings is 5. The van der Waals surface area contributed by atoms with Crippen molar-refractivity contribution in [2.24, 2.45) is 0 Å². The summed E-state index contributed by atoms with van der Waals surface area (Å²) in [5.74, 6) is 1.93. The molecule has 0 saturated carbocycles. The van der Waals surface area contributed by atoms with Gasteiger partial charge in [-0.05, 0) is 40.5 Å². The molecule has 0 unspecified atom stereocenters. The van der Waals surface area contributed by atoms with Crippen molar-refractivity contribution in [3.05, 3.63) is 145 Å². The van der Waals surface area contributed by atoms with E-state index in [9.17, 15) is 0 Å². The van der Waals surface area contributed by atoms with Crippen molar-refractivity contribution in [2.45, 2.75) is 19.3 Å². The molecule has 2 heterocycles. The van der Waals surface area contributed by atoms with Gasteiger partial charge in [0.25, 0.3) is 0 Å². The van der Waals surface area contributed by atoms with Crippen LogP contribution in [0.4, 0.5) is 0 Å². The summed E-state index contributed by atoms with van der Waals surface area (Å²) in [5.41, 5.74) is 10.8. The van der Waals surface area contributed by atoms with Crippen molar-refractivity contribution in [1.29, 1.82) is 0 Å². The lowest BCUT2D eigenvalue weighted by molar-refractivity contribution is 0.645. The molecule has 8 rings (SSSR count). The van der Waals surface area contributed by atoms with Crippen LogP contribution < -0.4 is 0 Å². The molecule has 7 aromatic rings. The van der Waals surface area contributed by atoms with Gasteiger partial charge < -0.3 is 0 Å². The standard InChI is InChI=1S/C39H28N4/c1-39(2)31-20-10-9-19-29(31)30-24-34(40-33-22-12-21-32(39)35(30)33)27-17-11-18-28(23-27)38-42-36(25-13-5-3-6-14-25)41-37(43-38)26-15-7-4-8-16-26/h3-24H,1-2H3. The average Bonchev–Trinajstić information content (AvgIpc) is 3.07. The third-order valence-electron chi connectivity index (χ3n) is 8.51. The van der Waals surface area contributed by atoms with E-state index in [4.69, 9.17) is 19.9 Å². The first-order valence-electron chi connectivity index (χ1n) is 14.6. The molecule has 204 valence electrons. The van der Waals surface area contributed by atoms with Crippen LogP contribution in [-0.2, 0) is 5.41 Å². The molecule has 2 aromatic heterocycles. The monoisotopic (exact) mass is 552 g/mol. The molecule has 1 aliphatic carbocycles. The van der Waals surface area contributed by atoms with Crippen LogP contribution in [0.5, 0.6) is 0 Å². The first kappa shape index (κ1) is 25.2. The Bertz CT molecular complexity index is 2090. The van der Waals surface area contributed by atoms with E-state index in [0.29, 0.717) is 17.5 Å². The predicted molar refractivity (Wildman–Crippen MR) is 174 cm³/mol. The van der Waals surface area contributed by atoms with E-state index in [-0.39, 0.29) is 5.41 Å². The lowest BCUT2D eigenvalue weighted by Gasteiger charge is -2.35.